The summed E-state index contributed by atoms with van der Waals surface area (Å²) in [7, 11) is -2.31. The molecule has 187 valence electrons. The first-order valence-electron chi connectivity index (χ1n) is 12.4. The van der Waals surface area contributed by atoms with E-state index in [-0.39, 0.29) is 24.8 Å². The minimum atomic E-state index is -1.21. The van der Waals surface area contributed by atoms with Crippen molar-refractivity contribution in [2.45, 2.75) is 62.7 Å². The second-order valence-corrected chi connectivity index (χ2v) is 22.8. The van der Waals surface area contributed by atoms with Crippen LogP contribution in [0.25, 0.3) is 22.4 Å². The van der Waals surface area contributed by atoms with Crippen molar-refractivity contribution in [2.75, 3.05) is 0 Å². The van der Waals surface area contributed by atoms with E-state index in [9.17, 15) is 0 Å². The third kappa shape index (κ3) is 4.71. The zero-order valence-electron chi connectivity index (χ0n) is 22.5. The summed E-state index contributed by atoms with van der Waals surface area (Å²) in [5.74, 6) is 2.31. The van der Waals surface area contributed by atoms with Crippen molar-refractivity contribution in [3.63, 3.8) is 0 Å². The number of fused-ring (bicyclic) bond motifs is 1. The predicted octanol–water partition coefficient (Wildman–Crippen LogP) is 2.17. The largest absolute Gasteiger partial charge is 1.00 e. The van der Waals surface area contributed by atoms with E-state index in [1.165, 1.54) is 44.3 Å². The van der Waals surface area contributed by atoms with Crippen molar-refractivity contribution in [2.24, 2.45) is 0 Å². The van der Waals surface area contributed by atoms with Gasteiger partial charge in [-0.1, -0.05) is 18.7 Å². The quantitative estimate of drug-likeness (QED) is 0.397. The van der Waals surface area contributed by atoms with Crippen molar-refractivity contribution in [1.29, 1.82) is 0 Å². The maximum Gasteiger partial charge on any atom is -1.00 e. The van der Waals surface area contributed by atoms with Crippen molar-refractivity contribution >= 4 is 32.6 Å². The minimum absolute atomic E-state index is 0. The molecule has 36 heavy (non-hydrogen) atoms. The van der Waals surface area contributed by atoms with Crippen LogP contribution >= 0.6 is 0 Å². The van der Waals surface area contributed by atoms with Crippen LogP contribution in [0.5, 0.6) is 0 Å². The number of benzene rings is 2. The molecule has 0 saturated carbocycles. The summed E-state index contributed by atoms with van der Waals surface area (Å²) in [5.41, 5.74) is 11.0. The second-order valence-electron chi connectivity index (χ2n) is 11.8. The summed E-state index contributed by atoms with van der Waals surface area (Å²) < 4.78 is 6.41. The first kappa shape index (κ1) is 29.6. The van der Waals surface area contributed by atoms with E-state index in [0.29, 0.717) is 3.63 Å². The number of furan rings is 1. The van der Waals surface area contributed by atoms with Gasteiger partial charge in [-0.05, 0) is 25.1 Å². The van der Waals surface area contributed by atoms with Gasteiger partial charge in [0.1, 0.15) is 11.5 Å². The van der Waals surface area contributed by atoms with Gasteiger partial charge in [0.2, 0.25) is 0 Å². The van der Waals surface area contributed by atoms with Gasteiger partial charge in [0.15, 0.2) is 0 Å². The Morgan fingerprint density at radius 1 is 0.889 bits per heavy atom. The molecular formula is C30H35Cl2OSi2Zr. The molecule has 6 heteroatoms. The fourth-order valence-electron chi connectivity index (χ4n) is 6.25. The molecule has 0 N–H and O–H groups in total. The van der Waals surface area contributed by atoms with E-state index in [1.54, 1.807) is 35.5 Å². The number of hydrogen-bond donors (Lipinski definition) is 0. The van der Waals surface area contributed by atoms with Crippen LogP contribution < -0.4 is 30.0 Å². The fraction of sp³-hybridized carbons (Fsp3) is 0.333. The van der Waals surface area contributed by atoms with Crippen LogP contribution in [0, 0.1) is 6.92 Å². The number of halogens is 2. The van der Waals surface area contributed by atoms with Crippen molar-refractivity contribution in [3.05, 3.63) is 87.9 Å². The van der Waals surface area contributed by atoms with Crippen LogP contribution in [0.4, 0.5) is 0 Å². The Balaban J connectivity index is 0.000000208. The average molecular weight is 630 g/mol. The molecule has 2 aromatic carbocycles. The molecule has 0 fully saturated rings. The summed E-state index contributed by atoms with van der Waals surface area (Å²) in [6, 6.07) is 18.3. The Labute approximate surface area is 246 Å². The summed E-state index contributed by atoms with van der Waals surface area (Å²) in [6.45, 7) is 18.7. The molecule has 2 bridgehead atoms. The molecular weight excluding hydrogens is 595 g/mol. The molecule has 3 aromatic rings. The Kier molecular flexibility index (Phi) is 8.52. The first-order chi connectivity index (χ1) is 15.9. The molecule has 7 rings (SSSR count). The molecule has 2 atom stereocenters. The fourth-order valence-corrected chi connectivity index (χ4v) is 12.5. The third-order valence-corrected chi connectivity index (χ3v) is 16.0. The number of allylic oxidation sites excluding steroid dienone is 2. The monoisotopic (exact) mass is 627 g/mol. The summed E-state index contributed by atoms with van der Waals surface area (Å²) >= 11 is 1.59. The van der Waals surface area contributed by atoms with Gasteiger partial charge in [-0.2, -0.15) is 0 Å². The molecule has 4 aliphatic rings. The molecule has 2 unspecified atom stereocenters. The zero-order chi connectivity index (χ0) is 24.6. The van der Waals surface area contributed by atoms with Crippen LogP contribution in [0.3, 0.4) is 0 Å². The number of hydrogen-bond acceptors (Lipinski definition) is 1. The number of aryl methyl sites for hydroxylation is 1. The second kappa shape index (κ2) is 10.3. The van der Waals surface area contributed by atoms with Crippen molar-refractivity contribution < 1.29 is 54.0 Å². The molecule has 1 nitrogen and oxygen atoms in total. The van der Waals surface area contributed by atoms with E-state index < -0.39 is 16.1 Å². The van der Waals surface area contributed by atoms with Crippen molar-refractivity contribution in [1.82, 2.24) is 0 Å². The minimum Gasteiger partial charge on any atom is -1.00 e. The summed E-state index contributed by atoms with van der Waals surface area (Å²) in [4.78, 5) is 0. The van der Waals surface area contributed by atoms with Gasteiger partial charge in [0, 0.05) is 11.1 Å². The normalized spacial score (nSPS) is 20.2. The smallest absolute Gasteiger partial charge is 1.00 e. The van der Waals surface area contributed by atoms with E-state index in [2.05, 4.69) is 101 Å². The Bertz CT molecular complexity index is 1360. The molecule has 0 amide bonds. The molecule has 2 aliphatic heterocycles. The predicted molar refractivity (Wildman–Crippen MR) is 148 cm³/mol. The SMILES string of the molecule is CC1=C2c3oc(C)cc3C1[Si]2(C)C.CC1=Cc2c(-c3ccc([Si](C)(C)C)cc3)cccc2[CH]1[Zr+2].[Cl-].[Cl-]. The standard InChI is InChI=1S/C19H21Si.C11H14OSi.2ClH.Zr/c1-14-12-16-6-5-7-18(19(16)13-14)15-8-10-17(11-9-15)20(2,3)4;1-6-5-8-9(12-6)11-7(2)10(8)13(11,3)4;;;/h5-13H,1-4H3;5,10H,1-4H3;2*1H;/q;;;;+2/p-2. The first-order valence-corrected chi connectivity index (χ1v) is 20.4. The third-order valence-electron chi connectivity index (χ3n) is 7.96. The van der Waals surface area contributed by atoms with Gasteiger partial charge in [0.05, 0.1) is 8.07 Å². The van der Waals surface area contributed by atoms with Gasteiger partial charge in [-0.25, -0.2) is 0 Å². The van der Waals surface area contributed by atoms with Crippen LogP contribution in [-0.2, 0) is 24.7 Å². The zero-order valence-corrected chi connectivity index (χ0v) is 28.5. The van der Waals surface area contributed by atoms with E-state index >= 15 is 0 Å². The van der Waals surface area contributed by atoms with Crippen LogP contribution in [-0.4, -0.2) is 16.1 Å². The van der Waals surface area contributed by atoms with Crippen LogP contribution in [0.1, 0.15) is 51.2 Å². The Hall–Kier alpha value is -0.903. The Morgan fingerprint density at radius 3 is 2.08 bits per heavy atom. The molecule has 2 aliphatic carbocycles. The average Bonchev–Trinajstić information content (AvgIpc) is 3.41. The summed E-state index contributed by atoms with van der Waals surface area (Å²) in [6.07, 6.45) is 2.39. The van der Waals surface area contributed by atoms with E-state index in [1.807, 2.05) is 6.92 Å². The van der Waals surface area contributed by atoms with Gasteiger partial charge in [-0.3, -0.25) is 0 Å². The van der Waals surface area contributed by atoms with Gasteiger partial charge in [0.25, 0.3) is 0 Å². The van der Waals surface area contributed by atoms with E-state index in [4.69, 9.17) is 4.42 Å². The molecule has 0 radical (unpaired) electrons. The van der Waals surface area contributed by atoms with E-state index in [0.717, 1.165) is 11.3 Å². The maximum atomic E-state index is 5.76. The summed E-state index contributed by atoms with van der Waals surface area (Å²) in [5, 5.41) is 3.13. The molecule has 0 spiro atoms. The molecule has 0 saturated heterocycles. The van der Waals surface area contributed by atoms with Gasteiger partial charge >= 0.3 is 145 Å². The molecule has 3 heterocycles. The topological polar surface area (TPSA) is 13.1 Å². The molecule has 1 aromatic heterocycles. The Morgan fingerprint density at radius 2 is 1.53 bits per heavy atom. The van der Waals surface area contributed by atoms with Crippen molar-refractivity contribution in [3.8, 4) is 11.1 Å². The van der Waals surface area contributed by atoms with Gasteiger partial charge in [-0.15, -0.1) is 0 Å². The number of rotatable bonds is 2. The maximum absolute atomic E-state index is 5.76. The van der Waals surface area contributed by atoms with Crippen LogP contribution in [0.2, 0.25) is 32.7 Å². The van der Waals surface area contributed by atoms with Crippen LogP contribution in [0.15, 0.2) is 64.1 Å². The van der Waals surface area contributed by atoms with Gasteiger partial charge < -0.3 is 29.2 Å².